The van der Waals surface area contributed by atoms with Crippen molar-refractivity contribution in [2.24, 2.45) is 5.92 Å². The summed E-state index contributed by atoms with van der Waals surface area (Å²) in [4.78, 5) is 0. The highest BCUT2D eigenvalue weighted by molar-refractivity contribution is 5.29. The fourth-order valence-electron chi connectivity index (χ4n) is 3.46. The van der Waals surface area contributed by atoms with Gasteiger partial charge in [0.05, 0.1) is 6.10 Å². The Kier molecular flexibility index (Phi) is 3.69. The van der Waals surface area contributed by atoms with Gasteiger partial charge in [-0.05, 0) is 48.6 Å². The summed E-state index contributed by atoms with van der Waals surface area (Å²) in [6.45, 7) is 0. The number of aliphatic hydroxyl groups excluding tert-OH is 1. The van der Waals surface area contributed by atoms with Crippen molar-refractivity contribution in [2.75, 3.05) is 0 Å². The minimum absolute atomic E-state index is 0.231. The third-order valence-corrected chi connectivity index (χ3v) is 4.93. The van der Waals surface area contributed by atoms with Gasteiger partial charge in [0.15, 0.2) is 0 Å². The molecule has 2 saturated carbocycles. The van der Waals surface area contributed by atoms with E-state index < -0.39 is 0 Å². The van der Waals surface area contributed by atoms with E-state index in [4.69, 9.17) is 0 Å². The van der Waals surface area contributed by atoms with Crippen LogP contribution in [-0.4, -0.2) is 5.11 Å². The van der Waals surface area contributed by atoms with Gasteiger partial charge in [-0.25, -0.2) is 0 Å². The zero-order valence-electron chi connectivity index (χ0n) is 11.1. The first kappa shape index (κ1) is 12.2. The molecule has 0 heterocycles. The van der Waals surface area contributed by atoms with Gasteiger partial charge in [-0.2, -0.15) is 0 Å². The van der Waals surface area contributed by atoms with Gasteiger partial charge in [0.1, 0.15) is 0 Å². The molecule has 0 aromatic heterocycles. The normalized spacial score (nSPS) is 23.6. The maximum atomic E-state index is 10.5. The summed E-state index contributed by atoms with van der Waals surface area (Å²) in [6, 6.07) is 8.75. The van der Waals surface area contributed by atoms with Gasteiger partial charge in [-0.3, -0.25) is 0 Å². The summed E-state index contributed by atoms with van der Waals surface area (Å²) in [6.07, 6.45) is 10.2. The van der Waals surface area contributed by atoms with Gasteiger partial charge in [0, 0.05) is 0 Å². The number of benzene rings is 1. The lowest BCUT2D eigenvalue weighted by molar-refractivity contribution is 0.0847. The van der Waals surface area contributed by atoms with Gasteiger partial charge < -0.3 is 5.11 Å². The molecule has 0 radical (unpaired) electrons. The molecule has 1 nitrogen and oxygen atoms in total. The van der Waals surface area contributed by atoms with Gasteiger partial charge in [0.25, 0.3) is 0 Å². The van der Waals surface area contributed by atoms with Crippen molar-refractivity contribution >= 4 is 0 Å². The predicted octanol–water partition coefficient (Wildman–Crippen LogP) is 4.57. The molecule has 98 valence electrons. The van der Waals surface area contributed by atoms with E-state index >= 15 is 0 Å². The summed E-state index contributed by atoms with van der Waals surface area (Å²) in [5, 5.41) is 10.5. The Bertz CT molecular complexity index is 388. The van der Waals surface area contributed by atoms with Gasteiger partial charge in [-0.15, -0.1) is 0 Å². The van der Waals surface area contributed by atoms with E-state index in [-0.39, 0.29) is 6.10 Å². The summed E-state index contributed by atoms with van der Waals surface area (Å²) in [5.74, 6) is 1.26. The van der Waals surface area contributed by atoms with Crippen LogP contribution in [0.15, 0.2) is 24.3 Å². The molecule has 1 aromatic rings. The Labute approximate surface area is 110 Å². The lowest BCUT2D eigenvalue weighted by atomic mass is 9.78. The van der Waals surface area contributed by atoms with E-state index in [1.165, 1.54) is 56.9 Å². The van der Waals surface area contributed by atoms with E-state index in [1.54, 1.807) is 0 Å². The molecule has 1 atom stereocenters. The lowest BCUT2D eigenvalue weighted by Gasteiger charge is -2.29. The second kappa shape index (κ2) is 5.44. The summed E-state index contributed by atoms with van der Waals surface area (Å²) in [5.41, 5.74) is 2.61. The van der Waals surface area contributed by atoms with Gasteiger partial charge in [0.2, 0.25) is 0 Å². The zero-order valence-corrected chi connectivity index (χ0v) is 11.1. The van der Waals surface area contributed by atoms with Crippen LogP contribution in [0.5, 0.6) is 0 Å². The van der Waals surface area contributed by atoms with Crippen molar-refractivity contribution in [2.45, 2.75) is 63.4 Å². The van der Waals surface area contributed by atoms with E-state index in [9.17, 15) is 5.11 Å². The Morgan fingerprint density at radius 3 is 2.39 bits per heavy atom. The van der Waals surface area contributed by atoms with E-state index in [0.29, 0.717) is 5.92 Å². The van der Waals surface area contributed by atoms with E-state index in [0.717, 1.165) is 11.5 Å². The van der Waals surface area contributed by atoms with Crippen LogP contribution in [0.3, 0.4) is 0 Å². The third-order valence-electron chi connectivity index (χ3n) is 4.93. The monoisotopic (exact) mass is 244 g/mol. The van der Waals surface area contributed by atoms with Crippen molar-refractivity contribution in [3.8, 4) is 0 Å². The maximum absolute atomic E-state index is 10.5. The third kappa shape index (κ3) is 2.47. The van der Waals surface area contributed by atoms with Crippen LogP contribution in [0, 0.1) is 5.92 Å². The van der Waals surface area contributed by atoms with Crippen molar-refractivity contribution in [1.82, 2.24) is 0 Å². The van der Waals surface area contributed by atoms with Crippen molar-refractivity contribution < 1.29 is 5.11 Å². The van der Waals surface area contributed by atoms with E-state index in [1.807, 2.05) is 0 Å². The Hall–Kier alpha value is -0.820. The standard InChI is InChI=1S/C17H24O/c18-17(14-6-2-1-3-7-14)16-11-5-10-15(12-16)13-8-4-9-13/h5,10-14,17-18H,1-4,6-9H2. The predicted molar refractivity (Wildman–Crippen MR) is 74.6 cm³/mol. The molecule has 18 heavy (non-hydrogen) atoms. The van der Waals surface area contributed by atoms with Gasteiger partial charge in [-0.1, -0.05) is 49.9 Å². The van der Waals surface area contributed by atoms with Crippen molar-refractivity contribution in [3.63, 3.8) is 0 Å². The molecule has 1 aromatic carbocycles. The minimum atomic E-state index is -0.231. The molecule has 3 rings (SSSR count). The average molecular weight is 244 g/mol. The van der Waals surface area contributed by atoms with Crippen LogP contribution < -0.4 is 0 Å². The molecule has 2 aliphatic carbocycles. The van der Waals surface area contributed by atoms with Gasteiger partial charge >= 0.3 is 0 Å². The highest BCUT2D eigenvalue weighted by Crippen LogP contribution is 2.39. The lowest BCUT2D eigenvalue weighted by Crippen LogP contribution is -2.16. The Morgan fingerprint density at radius 2 is 1.72 bits per heavy atom. The molecule has 1 heteroatoms. The Morgan fingerprint density at radius 1 is 0.944 bits per heavy atom. The maximum Gasteiger partial charge on any atom is 0.0818 e. The molecule has 0 bridgehead atoms. The molecule has 1 unspecified atom stereocenters. The smallest absolute Gasteiger partial charge is 0.0818 e. The Balaban J connectivity index is 1.73. The summed E-state index contributed by atoms with van der Waals surface area (Å²) in [7, 11) is 0. The van der Waals surface area contributed by atoms with Crippen LogP contribution in [0.25, 0.3) is 0 Å². The first-order valence-electron chi connectivity index (χ1n) is 7.62. The summed E-state index contributed by atoms with van der Waals surface area (Å²) < 4.78 is 0. The molecular formula is C17H24O. The minimum Gasteiger partial charge on any atom is -0.388 e. The van der Waals surface area contributed by atoms with Crippen LogP contribution in [0.2, 0.25) is 0 Å². The molecule has 2 aliphatic rings. The van der Waals surface area contributed by atoms with Crippen LogP contribution >= 0.6 is 0 Å². The number of hydrogen-bond acceptors (Lipinski definition) is 1. The molecule has 0 aliphatic heterocycles. The quantitative estimate of drug-likeness (QED) is 0.826. The van der Waals surface area contributed by atoms with Crippen LogP contribution in [-0.2, 0) is 0 Å². The second-order valence-electron chi connectivity index (χ2n) is 6.14. The summed E-state index contributed by atoms with van der Waals surface area (Å²) >= 11 is 0. The SMILES string of the molecule is OC(c1cccc(C2CCC2)c1)C1CCCCC1. The number of hydrogen-bond donors (Lipinski definition) is 1. The molecule has 2 fully saturated rings. The van der Waals surface area contributed by atoms with Crippen molar-refractivity contribution in [1.29, 1.82) is 0 Å². The highest BCUT2D eigenvalue weighted by Gasteiger charge is 2.25. The first-order valence-corrected chi connectivity index (χ1v) is 7.62. The first-order chi connectivity index (χ1) is 8.84. The van der Waals surface area contributed by atoms with Crippen LogP contribution in [0.4, 0.5) is 0 Å². The highest BCUT2D eigenvalue weighted by atomic mass is 16.3. The fraction of sp³-hybridized carbons (Fsp3) is 0.647. The fourth-order valence-corrected chi connectivity index (χ4v) is 3.46. The number of rotatable bonds is 3. The molecular weight excluding hydrogens is 220 g/mol. The second-order valence-corrected chi connectivity index (χ2v) is 6.14. The molecule has 0 saturated heterocycles. The average Bonchev–Trinajstić information content (AvgIpc) is 2.37. The van der Waals surface area contributed by atoms with Crippen molar-refractivity contribution in [3.05, 3.63) is 35.4 Å². The largest absolute Gasteiger partial charge is 0.388 e. The topological polar surface area (TPSA) is 20.2 Å². The zero-order chi connectivity index (χ0) is 12.4. The molecule has 0 amide bonds. The number of aliphatic hydroxyl groups is 1. The van der Waals surface area contributed by atoms with Crippen LogP contribution in [0.1, 0.15) is 74.5 Å². The molecule has 1 N–H and O–H groups in total. The molecule has 0 spiro atoms. The van der Waals surface area contributed by atoms with E-state index in [2.05, 4.69) is 24.3 Å².